The number of carbonyl (C=O) groups is 2. The summed E-state index contributed by atoms with van der Waals surface area (Å²) in [6.45, 7) is 3.91. The molecule has 3 N–H and O–H groups in total. The summed E-state index contributed by atoms with van der Waals surface area (Å²) in [7, 11) is 1.55. The SMILES string of the molecule is CCn1c(SCC(=O)Nc2nc(C)cs2)nnc1C(CO)NC(=O)c1ccc(OC)cc1. The molecule has 1 aromatic carbocycles. The highest BCUT2D eigenvalue weighted by atomic mass is 32.2. The van der Waals surface area contributed by atoms with Crippen molar-refractivity contribution in [2.45, 2.75) is 31.6 Å². The van der Waals surface area contributed by atoms with Crippen molar-refractivity contribution in [3.63, 3.8) is 0 Å². The molecular weight excluding hydrogens is 452 g/mol. The molecule has 1 unspecified atom stereocenters. The number of aliphatic hydroxyl groups excluding tert-OH is 1. The van der Waals surface area contributed by atoms with E-state index in [4.69, 9.17) is 4.74 Å². The average molecular weight is 477 g/mol. The lowest BCUT2D eigenvalue weighted by atomic mass is 10.2. The number of thiazole rings is 1. The first kappa shape index (κ1) is 23.7. The summed E-state index contributed by atoms with van der Waals surface area (Å²) in [5.74, 6) is 0.614. The van der Waals surface area contributed by atoms with Gasteiger partial charge in [0.25, 0.3) is 5.91 Å². The quantitative estimate of drug-likeness (QED) is 0.380. The van der Waals surface area contributed by atoms with E-state index in [-0.39, 0.29) is 24.2 Å². The molecule has 3 rings (SSSR count). The number of methoxy groups -OCH3 is 1. The van der Waals surface area contributed by atoms with Crippen LogP contribution in [0.4, 0.5) is 5.13 Å². The predicted octanol–water partition coefficient (Wildman–Crippen LogP) is 2.27. The highest BCUT2D eigenvalue weighted by molar-refractivity contribution is 7.99. The van der Waals surface area contributed by atoms with Crippen LogP contribution in [0.2, 0.25) is 0 Å². The minimum absolute atomic E-state index is 0.124. The summed E-state index contributed by atoms with van der Waals surface area (Å²) in [6, 6.07) is 5.89. The fourth-order valence-electron chi connectivity index (χ4n) is 2.83. The van der Waals surface area contributed by atoms with E-state index in [9.17, 15) is 14.7 Å². The monoisotopic (exact) mass is 476 g/mol. The van der Waals surface area contributed by atoms with Crippen LogP contribution in [0.15, 0.2) is 34.8 Å². The maximum absolute atomic E-state index is 12.6. The number of hydrogen-bond acceptors (Lipinski definition) is 9. The molecule has 0 saturated carbocycles. The molecule has 0 aliphatic carbocycles. The van der Waals surface area contributed by atoms with Crippen LogP contribution < -0.4 is 15.4 Å². The van der Waals surface area contributed by atoms with Crippen molar-refractivity contribution < 1.29 is 19.4 Å². The van der Waals surface area contributed by atoms with E-state index in [0.29, 0.717) is 34.0 Å². The summed E-state index contributed by atoms with van der Waals surface area (Å²) in [5.41, 5.74) is 1.27. The Morgan fingerprint density at radius 1 is 1.28 bits per heavy atom. The number of rotatable bonds is 10. The van der Waals surface area contributed by atoms with Crippen molar-refractivity contribution in [3.05, 3.63) is 46.7 Å². The first-order valence-corrected chi connectivity index (χ1v) is 11.6. The molecule has 2 aromatic heterocycles. The normalized spacial score (nSPS) is 11.8. The van der Waals surface area contributed by atoms with Gasteiger partial charge in [0, 0.05) is 17.5 Å². The Balaban J connectivity index is 1.65. The maximum atomic E-state index is 12.6. The summed E-state index contributed by atoms with van der Waals surface area (Å²) in [5, 5.41) is 26.6. The van der Waals surface area contributed by atoms with Gasteiger partial charge >= 0.3 is 0 Å². The van der Waals surface area contributed by atoms with Crippen LogP contribution in [-0.2, 0) is 11.3 Å². The van der Waals surface area contributed by atoms with Crippen molar-refractivity contribution in [2.24, 2.45) is 0 Å². The van der Waals surface area contributed by atoms with Gasteiger partial charge in [0.15, 0.2) is 16.1 Å². The van der Waals surface area contributed by atoms with Crippen molar-refractivity contribution in [2.75, 3.05) is 24.8 Å². The number of aryl methyl sites for hydroxylation is 1. The van der Waals surface area contributed by atoms with Crippen molar-refractivity contribution in [1.29, 1.82) is 0 Å². The fraction of sp³-hybridized carbons (Fsp3) is 0.350. The summed E-state index contributed by atoms with van der Waals surface area (Å²) in [4.78, 5) is 29.0. The van der Waals surface area contributed by atoms with Crippen LogP contribution in [0, 0.1) is 6.92 Å². The Morgan fingerprint density at radius 2 is 2.03 bits per heavy atom. The Morgan fingerprint density at radius 3 is 2.62 bits per heavy atom. The Labute approximate surface area is 193 Å². The van der Waals surface area contributed by atoms with E-state index in [1.807, 2.05) is 19.2 Å². The highest BCUT2D eigenvalue weighted by Gasteiger charge is 2.23. The Hall–Kier alpha value is -2.96. The van der Waals surface area contributed by atoms with Crippen molar-refractivity contribution in [3.8, 4) is 5.75 Å². The second kappa shape index (κ2) is 11.1. The third-order valence-electron chi connectivity index (χ3n) is 4.41. The van der Waals surface area contributed by atoms with Crippen LogP contribution in [-0.4, -0.2) is 56.1 Å². The second-order valence-corrected chi connectivity index (χ2v) is 8.45. The van der Waals surface area contributed by atoms with Gasteiger partial charge in [-0.3, -0.25) is 9.59 Å². The van der Waals surface area contributed by atoms with E-state index in [2.05, 4.69) is 25.8 Å². The average Bonchev–Trinajstić information content (AvgIpc) is 3.41. The molecule has 12 heteroatoms. The third kappa shape index (κ3) is 5.84. The van der Waals surface area contributed by atoms with Crippen LogP contribution in [0.3, 0.4) is 0 Å². The van der Waals surface area contributed by atoms with Gasteiger partial charge in [-0.1, -0.05) is 11.8 Å². The molecule has 0 radical (unpaired) electrons. The minimum atomic E-state index is -0.751. The van der Waals surface area contributed by atoms with Crippen LogP contribution in [0.25, 0.3) is 0 Å². The van der Waals surface area contributed by atoms with E-state index < -0.39 is 6.04 Å². The number of anilines is 1. The van der Waals surface area contributed by atoms with Gasteiger partial charge < -0.3 is 25.0 Å². The predicted molar refractivity (Wildman–Crippen MR) is 122 cm³/mol. The number of nitrogens with zero attached hydrogens (tertiary/aromatic N) is 4. The molecule has 10 nitrogen and oxygen atoms in total. The molecule has 3 aromatic rings. The lowest BCUT2D eigenvalue weighted by Gasteiger charge is -2.17. The topological polar surface area (TPSA) is 131 Å². The molecule has 0 aliphatic heterocycles. The molecule has 1 atom stereocenters. The third-order valence-corrected chi connectivity index (χ3v) is 6.25. The molecule has 0 aliphatic rings. The van der Waals surface area contributed by atoms with Crippen LogP contribution in [0.5, 0.6) is 5.75 Å². The largest absolute Gasteiger partial charge is 0.497 e. The zero-order chi connectivity index (χ0) is 23.1. The molecule has 0 saturated heterocycles. The molecule has 0 fully saturated rings. The number of ether oxygens (including phenoxy) is 1. The zero-order valence-corrected chi connectivity index (χ0v) is 19.5. The summed E-state index contributed by atoms with van der Waals surface area (Å²) < 4.78 is 6.87. The van der Waals surface area contributed by atoms with Gasteiger partial charge in [-0.15, -0.1) is 21.5 Å². The number of thioether (sulfide) groups is 1. The number of carbonyl (C=O) groups excluding carboxylic acids is 2. The van der Waals surface area contributed by atoms with Crippen molar-refractivity contribution in [1.82, 2.24) is 25.1 Å². The lowest BCUT2D eigenvalue weighted by Crippen LogP contribution is -2.32. The molecule has 32 heavy (non-hydrogen) atoms. The van der Waals surface area contributed by atoms with Gasteiger partial charge in [-0.05, 0) is 38.1 Å². The first-order valence-electron chi connectivity index (χ1n) is 9.78. The number of aromatic nitrogens is 4. The number of benzene rings is 1. The standard InChI is InChI=1S/C20H24N6O4S2/c1-4-26-17(15(9-27)22-18(29)13-5-7-14(30-3)8-6-13)24-25-20(26)32-11-16(28)23-19-21-12(2)10-31-19/h5-8,10,15,27H,4,9,11H2,1-3H3,(H,22,29)(H,21,23,28). The van der Waals surface area contributed by atoms with Gasteiger partial charge in [0.2, 0.25) is 5.91 Å². The summed E-state index contributed by atoms with van der Waals surface area (Å²) >= 11 is 2.58. The van der Waals surface area contributed by atoms with Crippen molar-refractivity contribution >= 4 is 40.0 Å². The number of aliphatic hydroxyl groups is 1. The smallest absolute Gasteiger partial charge is 0.251 e. The number of hydrogen-bond donors (Lipinski definition) is 3. The van der Waals surface area contributed by atoms with E-state index in [1.165, 1.54) is 23.1 Å². The Bertz CT molecular complexity index is 1070. The molecule has 2 amide bonds. The van der Waals surface area contributed by atoms with Gasteiger partial charge in [-0.25, -0.2) is 4.98 Å². The van der Waals surface area contributed by atoms with Crippen LogP contribution in [0.1, 0.15) is 34.8 Å². The number of amides is 2. The minimum Gasteiger partial charge on any atom is -0.497 e. The molecule has 2 heterocycles. The summed E-state index contributed by atoms with van der Waals surface area (Å²) in [6.07, 6.45) is 0. The molecular formula is C20H24N6O4S2. The first-order chi connectivity index (χ1) is 15.4. The van der Waals surface area contributed by atoms with Gasteiger partial charge in [0.05, 0.1) is 25.2 Å². The Kier molecular flexibility index (Phi) is 8.20. The lowest BCUT2D eigenvalue weighted by molar-refractivity contribution is -0.113. The molecule has 0 spiro atoms. The van der Waals surface area contributed by atoms with E-state index in [1.54, 1.807) is 35.9 Å². The van der Waals surface area contributed by atoms with E-state index in [0.717, 1.165) is 5.69 Å². The van der Waals surface area contributed by atoms with Crippen LogP contribution >= 0.6 is 23.1 Å². The van der Waals surface area contributed by atoms with Gasteiger partial charge in [0.1, 0.15) is 11.8 Å². The fourth-order valence-corrected chi connectivity index (χ4v) is 4.35. The zero-order valence-electron chi connectivity index (χ0n) is 17.9. The van der Waals surface area contributed by atoms with E-state index >= 15 is 0 Å². The van der Waals surface area contributed by atoms with Gasteiger partial charge in [-0.2, -0.15) is 0 Å². The maximum Gasteiger partial charge on any atom is 0.251 e. The highest BCUT2D eigenvalue weighted by Crippen LogP contribution is 2.22. The number of nitrogens with one attached hydrogen (secondary N) is 2. The molecule has 170 valence electrons. The molecule has 0 bridgehead atoms. The second-order valence-electron chi connectivity index (χ2n) is 6.65.